The molecule has 2 aromatic carbocycles. The van der Waals surface area contributed by atoms with Crippen molar-refractivity contribution >= 4 is 33.3 Å². The minimum Gasteiger partial charge on any atom is -0.466 e. The molecule has 0 bridgehead atoms. The highest BCUT2D eigenvalue weighted by molar-refractivity contribution is 7.92. The Balaban J connectivity index is 1.66. The van der Waals surface area contributed by atoms with Gasteiger partial charge in [0.15, 0.2) is 0 Å². The topological polar surface area (TPSA) is 136 Å². The number of likely N-dealkylation sites (tertiary alicyclic amines) is 1. The number of carbonyl (C=O) groups is 2. The first-order chi connectivity index (χ1) is 15.6. The normalized spacial score (nSPS) is 14.5. The number of carbonyl (C=O) groups excluding carboxylic acids is 2. The average Bonchev–Trinajstić information content (AvgIpc) is 2.79. The summed E-state index contributed by atoms with van der Waals surface area (Å²) in [6, 6.07) is 9.61. The average molecular weight is 476 g/mol. The number of nitrogens with one attached hydrogen (secondary N) is 1. The van der Waals surface area contributed by atoms with Gasteiger partial charge in [0, 0.05) is 36.0 Å². The molecular weight excluding hydrogens is 450 g/mol. The molecule has 1 saturated heterocycles. The van der Waals surface area contributed by atoms with E-state index in [-0.39, 0.29) is 34.1 Å². The monoisotopic (exact) mass is 475 g/mol. The second-order valence-corrected chi connectivity index (χ2v) is 9.39. The summed E-state index contributed by atoms with van der Waals surface area (Å²) in [4.78, 5) is 36.5. The minimum atomic E-state index is -4.05. The van der Waals surface area contributed by atoms with E-state index in [0.717, 1.165) is 6.07 Å². The number of sulfonamides is 1. The van der Waals surface area contributed by atoms with Gasteiger partial charge in [-0.1, -0.05) is 6.07 Å². The highest BCUT2D eigenvalue weighted by atomic mass is 32.2. The number of anilines is 1. The maximum Gasteiger partial charge on any atom is 0.309 e. The van der Waals surface area contributed by atoms with Gasteiger partial charge in [0.2, 0.25) is 0 Å². The van der Waals surface area contributed by atoms with Gasteiger partial charge in [0.05, 0.1) is 22.3 Å². The van der Waals surface area contributed by atoms with Gasteiger partial charge in [-0.2, -0.15) is 0 Å². The first kappa shape index (κ1) is 24.2. The van der Waals surface area contributed by atoms with Gasteiger partial charge in [0.25, 0.3) is 21.6 Å². The van der Waals surface area contributed by atoms with Crippen LogP contribution >= 0.6 is 0 Å². The predicted molar refractivity (Wildman–Crippen MR) is 120 cm³/mol. The van der Waals surface area contributed by atoms with Crippen molar-refractivity contribution in [2.24, 2.45) is 5.92 Å². The van der Waals surface area contributed by atoms with E-state index in [4.69, 9.17) is 4.74 Å². The number of rotatable bonds is 7. The van der Waals surface area contributed by atoms with E-state index in [1.807, 2.05) is 0 Å². The van der Waals surface area contributed by atoms with E-state index in [2.05, 4.69) is 4.72 Å². The van der Waals surface area contributed by atoms with Gasteiger partial charge >= 0.3 is 5.97 Å². The van der Waals surface area contributed by atoms with Crippen molar-refractivity contribution in [3.63, 3.8) is 0 Å². The zero-order valence-electron chi connectivity index (χ0n) is 18.3. The Labute approximate surface area is 191 Å². The summed E-state index contributed by atoms with van der Waals surface area (Å²) in [5.74, 6) is -0.649. The summed E-state index contributed by atoms with van der Waals surface area (Å²) in [6.07, 6.45) is 1.07. The molecule has 0 unspecified atom stereocenters. The summed E-state index contributed by atoms with van der Waals surface area (Å²) in [6.45, 7) is 4.47. The molecule has 33 heavy (non-hydrogen) atoms. The molecule has 0 atom stereocenters. The summed E-state index contributed by atoms with van der Waals surface area (Å²) < 4.78 is 32.7. The third-order valence-corrected chi connectivity index (χ3v) is 6.85. The van der Waals surface area contributed by atoms with Crippen molar-refractivity contribution < 1.29 is 27.7 Å². The minimum absolute atomic E-state index is 0.205. The molecule has 0 aliphatic carbocycles. The Morgan fingerprint density at radius 1 is 1.15 bits per heavy atom. The Morgan fingerprint density at radius 2 is 1.79 bits per heavy atom. The van der Waals surface area contributed by atoms with Crippen LogP contribution in [-0.4, -0.2) is 49.8 Å². The van der Waals surface area contributed by atoms with Gasteiger partial charge in [-0.15, -0.1) is 0 Å². The van der Waals surface area contributed by atoms with E-state index in [1.165, 1.54) is 43.3 Å². The van der Waals surface area contributed by atoms with E-state index >= 15 is 0 Å². The Bertz CT molecular complexity index is 1160. The number of esters is 1. The van der Waals surface area contributed by atoms with Crippen molar-refractivity contribution in [1.29, 1.82) is 0 Å². The number of benzene rings is 2. The van der Waals surface area contributed by atoms with Crippen molar-refractivity contribution in [3.05, 3.63) is 63.7 Å². The second-order valence-electron chi connectivity index (χ2n) is 7.71. The summed E-state index contributed by atoms with van der Waals surface area (Å²) in [5.41, 5.74) is 0.674. The van der Waals surface area contributed by atoms with Crippen molar-refractivity contribution in [3.8, 4) is 0 Å². The van der Waals surface area contributed by atoms with Crippen molar-refractivity contribution in [1.82, 2.24) is 4.90 Å². The number of amides is 1. The fourth-order valence-corrected chi connectivity index (χ4v) is 4.69. The highest BCUT2D eigenvalue weighted by Crippen LogP contribution is 2.25. The van der Waals surface area contributed by atoms with Crippen LogP contribution in [-0.2, 0) is 19.6 Å². The lowest BCUT2D eigenvalue weighted by Gasteiger charge is -2.31. The van der Waals surface area contributed by atoms with Crippen LogP contribution < -0.4 is 4.72 Å². The Kier molecular flexibility index (Phi) is 7.32. The maximum atomic E-state index is 12.8. The van der Waals surface area contributed by atoms with Gasteiger partial charge in [-0.05, 0) is 57.0 Å². The number of nitro benzene ring substituents is 1. The lowest BCUT2D eigenvalue weighted by atomic mass is 9.96. The van der Waals surface area contributed by atoms with E-state index < -0.39 is 14.9 Å². The standard InChI is InChI=1S/C22H25N3O7S/c1-3-32-22(27)17-10-12-24(13-11-17)21(26)16-5-7-18(8-6-16)23-33(30,31)19-9-4-15(2)20(14-19)25(28)29/h4-9,14,17,23H,3,10-13H2,1-2H3. The first-order valence-electron chi connectivity index (χ1n) is 10.5. The van der Waals surface area contributed by atoms with Gasteiger partial charge < -0.3 is 9.64 Å². The van der Waals surface area contributed by atoms with Crippen LogP contribution in [0.1, 0.15) is 35.7 Å². The van der Waals surface area contributed by atoms with E-state index in [0.29, 0.717) is 43.7 Å². The maximum absolute atomic E-state index is 12.8. The van der Waals surface area contributed by atoms with Gasteiger partial charge in [-0.3, -0.25) is 24.4 Å². The molecule has 1 heterocycles. The molecule has 1 aliphatic rings. The molecule has 0 spiro atoms. The van der Waals surface area contributed by atoms with Crippen LogP contribution in [0.2, 0.25) is 0 Å². The zero-order chi connectivity index (χ0) is 24.2. The Morgan fingerprint density at radius 3 is 2.36 bits per heavy atom. The van der Waals surface area contributed by atoms with Crippen molar-refractivity contribution in [2.75, 3.05) is 24.4 Å². The number of ether oxygens (including phenoxy) is 1. The summed E-state index contributed by atoms with van der Waals surface area (Å²) in [7, 11) is -4.05. The molecule has 1 N–H and O–H groups in total. The molecule has 0 radical (unpaired) electrons. The molecule has 2 aromatic rings. The lowest BCUT2D eigenvalue weighted by molar-refractivity contribution is -0.385. The number of piperidine rings is 1. The molecule has 1 fully saturated rings. The van der Waals surface area contributed by atoms with Gasteiger partial charge in [-0.25, -0.2) is 8.42 Å². The molecule has 11 heteroatoms. The fourth-order valence-electron chi connectivity index (χ4n) is 3.61. The van der Waals surface area contributed by atoms with Crippen LogP contribution in [0, 0.1) is 23.0 Å². The Hall–Kier alpha value is -3.47. The van der Waals surface area contributed by atoms with Crippen LogP contribution in [0.5, 0.6) is 0 Å². The van der Waals surface area contributed by atoms with Crippen LogP contribution in [0.25, 0.3) is 0 Å². The van der Waals surface area contributed by atoms with Gasteiger partial charge in [0.1, 0.15) is 0 Å². The predicted octanol–water partition coefficient (Wildman–Crippen LogP) is 3.12. The second kappa shape index (κ2) is 9.99. The molecule has 176 valence electrons. The smallest absolute Gasteiger partial charge is 0.309 e. The SMILES string of the molecule is CCOC(=O)C1CCN(C(=O)c2ccc(NS(=O)(=O)c3ccc(C)c([N+](=O)[O-])c3)cc2)CC1. The third kappa shape index (κ3) is 5.67. The van der Waals surface area contributed by atoms with Crippen LogP contribution in [0.15, 0.2) is 47.4 Å². The first-order valence-corrected chi connectivity index (χ1v) is 11.9. The number of aryl methyl sites for hydroxylation is 1. The molecule has 0 saturated carbocycles. The third-order valence-electron chi connectivity index (χ3n) is 5.47. The number of nitrogens with zero attached hydrogens (tertiary/aromatic N) is 2. The van der Waals surface area contributed by atoms with E-state index in [1.54, 1.807) is 11.8 Å². The van der Waals surface area contributed by atoms with Crippen LogP contribution in [0.3, 0.4) is 0 Å². The largest absolute Gasteiger partial charge is 0.466 e. The number of hydrogen-bond donors (Lipinski definition) is 1. The number of hydrogen-bond acceptors (Lipinski definition) is 7. The molecular formula is C22H25N3O7S. The lowest BCUT2D eigenvalue weighted by Crippen LogP contribution is -2.40. The zero-order valence-corrected chi connectivity index (χ0v) is 19.1. The molecule has 1 aliphatic heterocycles. The fraction of sp³-hybridized carbons (Fsp3) is 0.364. The molecule has 0 aromatic heterocycles. The quantitative estimate of drug-likeness (QED) is 0.369. The highest BCUT2D eigenvalue weighted by Gasteiger charge is 2.28. The van der Waals surface area contributed by atoms with Crippen LogP contribution in [0.4, 0.5) is 11.4 Å². The van der Waals surface area contributed by atoms with E-state index in [9.17, 15) is 28.1 Å². The molecule has 1 amide bonds. The molecule has 10 nitrogen and oxygen atoms in total. The summed E-state index contributed by atoms with van der Waals surface area (Å²) >= 11 is 0. The molecule has 3 rings (SSSR count). The van der Waals surface area contributed by atoms with Crippen molar-refractivity contribution in [2.45, 2.75) is 31.6 Å². The summed E-state index contributed by atoms with van der Waals surface area (Å²) in [5, 5.41) is 11.1. The number of nitro groups is 1.